The third-order valence-corrected chi connectivity index (χ3v) is 7.07. The molecule has 1 N–H and O–H groups in total. The Morgan fingerprint density at radius 3 is 2.81 bits per heavy atom. The molecule has 1 unspecified atom stereocenters. The summed E-state index contributed by atoms with van der Waals surface area (Å²) in [7, 11) is 0. The number of hydrogen-bond acceptors (Lipinski definition) is 7. The zero-order valence-corrected chi connectivity index (χ0v) is 19.3. The van der Waals surface area contributed by atoms with Crippen LogP contribution in [0, 0.1) is 6.92 Å². The molecule has 0 radical (unpaired) electrons. The standard InChI is InChI=1S/C23H22N4O3S2/c1-4-11-27-22(29)19-16(15-9-7-6-8-10-15)13-31-21(19)25-23(27)32-17(5-2)20(28)24-18-12-14(3)30-26-18/h4,6-10,12-13,17H,1,5,11H2,2-3H3,(H,24,26,28). The predicted molar refractivity (Wildman–Crippen MR) is 129 cm³/mol. The van der Waals surface area contributed by atoms with Crippen LogP contribution in [0.3, 0.4) is 0 Å². The number of nitrogens with zero attached hydrogens (tertiary/aromatic N) is 3. The largest absolute Gasteiger partial charge is 0.360 e. The molecule has 0 aliphatic carbocycles. The molecule has 1 atom stereocenters. The Morgan fingerprint density at radius 2 is 2.16 bits per heavy atom. The number of allylic oxidation sites excluding steroid dienone is 1. The number of benzene rings is 1. The van der Waals surface area contributed by atoms with Gasteiger partial charge in [-0.05, 0) is 18.9 Å². The van der Waals surface area contributed by atoms with Gasteiger partial charge in [0.2, 0.25) is 5.91 Å². The van der Waals surface area contributed by atoms with Crippen LogP contribution in [0.25, 0.3) is 21.3 Å². The van der Waals surface area contributed by atoms with E-state index in [-0.39, 0.29) is 11.5 Å². The number of carbonyl (C=O) groups is 1. The summed E-state index contributed by atoms with van der Waals surface area (Å²) in [5.41, 5.74) is 1.69. The van der Waals surface area contributed by atoms with Crippen LogP contribution in [-0.4, -0.2) is 25.9 Å². The number of aryl methyl sites for hydroxylation is 1. The topological polar surface area (TPSA) is 90.0 Å². The van der Waals surface area contributed by atoms with Crippen LogP contribution in [-0.2, 0) is 11.3 Å². The third kappa shape index (κ3) is 4.39. The lowest BCUT2D eigenvalue weighted by Gasteiger charge is -2.16. The molecule has 9 heteroatoms. The van der Waals surface area contributed by atoms with Crippen LogP contribution in [0.4, 0.5) is 5.82 Å². The van der Waals surface area contributed by atoms with Gasteiger partial charge in [0.05, 0.1) is 10.6 Å². The first kappa shape index (κ1) is 22.0. The van der Waals surface area contributed by atoms with Crippen molar-refractivity contribution in [1.82, 2.24) is 14.7 Å². The van der Waals surface area contributed by atoms with Gasteiger partial charge < -0.3 is 9.84 Å². The maximum atomic E-state index is 13.5. The zero-order valence-electron chi connectivity index (χ0n) is 17.7. The second kappa shape index (κ2) is 9.54. The Morgan fingerprint density at radius 1 is 1.38 bits per heavy atom. The molecule has 4 rings (SSSR count). The maximum absolute atomic E-state index is 13.5. The lowest BCUT2D eigenvalue weighted by Crippen LogP contribution is -2.28. The average Bonchev–Trinajstić information content (AvgIpc) is 3.41. The van der Waals surface area contributed by atoms with Crippen LogP contribution < -0.4 is 10.9 Å². The first-order chi connectivity index (χ1) is 15.5. The van der Waals surface area contributed by atoms with Gasteiger partial charge in [-0.3, -0.25) is 14.2 Å². The highest BCUT2D eigenvalue weighted by Crippen LogP contribution is 2.33. The van der Waals surface area contributed by atoms with Gasteiger partial charge >= 0.3 is 0 Å². The molecule has 7 nitrogen and oxygen atoms in total. The second-order valence-corrected chi connectivity index (χ2v) is 9.15. The summed E-state index contributed by atoms with van der Waals surface area (Å²) in [5, 5.41) is 9.15. The van der Waals surface area contributed by atoms with Gasteiger partial charge in [-0.2, -0.15) is 0 Å². The van der Waals surface area contributed by atoms with Crippen LogP contribution >= 0.6 is 23.1 Å². The number of fused-ring (bicyclic) bond motifs is 1. The first-order valence-electron chi connectivity index (χ1n) is 10.1. The molecule has 1 amide bonds. The van der Waals surface area contributed by atoms with Crippen molar-refractivity contribution in [3.05, 3.63) is 70.5 Å². The van der Waals surface area contributed by atoms with E-state index in [2.05, 4.69) is 17.1 Å². The summed E-state index contributed by atoms with van der Waals surface area (Å²) in [5.74, 6) is 0.755. The quantitative estimate of drug-likeness (QED) is 0.220. The number of amides is 1. The number of nitrogens with one attached hydrogen (secondary N) is 1. The van der Waals surface area contributed by atoms with E-state index < -0.39 is 5.25 Å². The van der Waals surface area contributed by atoms with Crippen molar-refractivity contribution in [3.63, 3.8) is 0 Å². The molecule has 0 aliphatic heterocycles. The minimum Gasteiger partial charge on any atom is -0.360 e. The number of rotatable bonds is 8. The van der Waals surface area contributed by atoms with Crippen molar-refractivity contribution in [2.45, 2.75) is 37.2 Å². The van der Waals surface area contributed by atoms with Crippen molar-refractivity contribution in [2.75, 3.05) is 5.32 Å². The normalized spacial score (nSPS) is 12.1. The van der Waals surface area contributed by atoms with Crippen LogP contribution in [0.2, 0.25) is 0 Å². The summed E-state index contributed by atoms with van der Waals surface area (Å²) < 4.78 is 6.59. The number of aromatic nitrogens is 3. The van der Waals surface area contributed by atoms with Crippen molar-refractivity contribution < 1.29 is 9.32 Å². The third-order valence-electron chi connectivity index (χ3n) is 4.85. The number of carbonyl (C=O) groups excluding carboxylic acids is 1. The van der Waals surface area contributed by atoms with Gasteiger partial charge in [-0.1, -0.05) is 60.3 Å². The summed E-state index contributed by atoms with van der Waals surface area (Å²) in [6.07, 6.45) is 2.21. The summed E-state index contributed by atoms with van der Waals surface area (Å²) in [6, 6.07) is 11.4. The van der Waals surface area contributed by atoms with E-state index in [1.54, 1.807) is 23.6 Å². The van der Waals surface area contributed by atoms with Crippen LogP contribution in [0.15, 0.2) is 68.9 Å². The Bertz CT molecular complexity index is 1320. The lowest BCUT2D eigenvalue weighted by atomic mass is 10.1. The fraction of sp³-hybridized carbons (Fsp3) is 0.217. The van der Waals surface area contributed by atoms with Crippen LogP contribution in [0.1, 0.15) is 19.1 Å². The van der Waals surface area contributed by atoms with Gasteiger partial charge in [0.25, 0.3) is 5.56 Å². The molecular weight excluding hydrogens is 444 g/mol. The second-order valence-electron chi connectivity index (χ2n) is 7.12. The summed E-state index contributed by atoms with van der Waals surface area (Å²) >= 11 is 2.69. The SMILES string of the molecule is C=CCn1c(SC(CC)C(=O)Nc2cc(C)on2)nc2scc(-c3ccccc3)c2c1=O. The molecule has 164 valence electrons. The molecule has 3 aromatic heterocycles. The molecule has 0 aliphatic rings. The lowest BCUT2D eigenvalue weighted by molar-refractivity contribution is -0.115. The predicted octanol–water partition coefficient (Wildman–Crippen LogP) is 5.12. The highest BCUT2D eigenvalue weighted by Gasteiger charge is 2.24. The smallest absolute Gasteiger partial charge is 0.263 e. The van der Waals surface area contributed by atoms with Crippen molar-refractivity contribution in [2.24, 2.45) is 0 Å². The first-order valence-corrected chi connectivity index (χ1v) is 11.9. The molecule has 0 spiro atoms. The Kier molecular flexibility index (Phi) is 6.57. The van der Waals surface area contributed by atoms with E-state index in [1.165, 1.54) is 23.1 Å². The minimum absolute atomic E-state index is 0.139. The van der Waals surface area contributed by atoms with Gasteiger partial charge in [-0.25, -0.2) is 4.98 Å². The number of thioether (sulfide) groups is 1. The molecule has 0 fully saturated rings. The summed E-state index contributed by atoms with van der Waals surface area (Å²) in [6.45, 7) is 7.76. The average molecular weight is 467 g/mol. The van der Waals surface area contributed by atoms with Gasteiger partial charge in [0.15, 0.2) is 11.0 Å². The van der Waals surface area contributed by atoms with Crippen molar-refractivity contribution >= 4 is 45.0 Å². The van der Waals surface area contributed by atoms with Crippen molar-refractivity contribution in [3.8, 4) is 11.1 Å². The van der Waals surface area contributed by atoms with E-state index in [0.29, 0.717) is 39.9 Å². The molecule has 32 heavy (non-hydrogen) atoms. The number of thiophene rings is 1. The fourth-order valence-corrected chi connectivity index (χ4v) is 5.31. The molecule has 0 saturated heterocycles. The molecule has 0 saturated carbocycles. The molecule has 0 bridgehead atoms. The Labute approximate surface area is 193 Å². The van der Waals surface area contributed by atoms with Crippen molar-refractivity contribution in [1.29, 1.82) is 0 Å². The number of anilines is 1. The highest BCUT2D eigenvalue weighted by atomic mass is 32.2. The number of hydrogen-bond donors (Lipinski definition) is 1. The van der Waals surface area contributed by atoms with E-state index in [4.69, 9.17) is 9.51 Å². The Hall–Kier alpha value is -3.17. The zero-order chi connectivity index (χ0) is 22.7. The molecule has 4 aromatic rings. The van der Waals surface area contributed by atoms with E-state index in [9.17, 15) is 9.59 Å². The summed E-state index contributed by atoms with van der Waals surface area (Å²) in [4.78, 5) is 31.7. The highest BCUT2D eigenvalue weighted by molar-refractivity contribution is 8.00. The van der Waals surface area contributed by atoms with Gasteiger partial charge in [0, 0.05) is 23.6 Å². The fourth-order valence-electron chi connectivity index (χ4n) is 3.30. The molecular formula is C23H22N4O3S2. The van der Waals surface area contributed by atoms with Gasteiger partial charge in [-0.15, -0.1) is 17.9 Å². The van der Waals surface area contributed by atoms with Gasteiger partial charge in [0.1, 0.15) is 10.6 Å². The minimum atomic E-state index is -0.457. The van der Waals surface area contributed by atoms with E-state index in [0.717, 1.165) is 11.1 Å². The van der Waals surface area contributed by atoms with Crippen LogP contribution in [0.5, 0.6) is 0 Å². The Balaban J connectivity index is 1.71. The molecule has 1 aromatic carbocycles. The molecule has 3 heterocycles. The van der Waals surface area contributed by atoms with E-state index in [1.807, 2.05) is 42.6 Å². The monoisotopic (exact) mass is 466 g/mol. The maximum Gasteiger partial charge on any atom is 0.263 e. The van der Waals surface area contributed by atoms with E-state index >= 15 is 0 Å².